The van der Waals surface area contributed by atoms with Crippen molar-refractivity contribution in [3.05, 3.63) is 33.8 Å². The van der Waals surface area contributed by atoms with E-state index in [-0.39, 0.29) is 5.91 Å². The second kappa shape index (κ2) is 5.12. The number of amides is 2. The molecule has 2 amide bonds. The van der Waals surface area contributed by atoms with Crippen LogP contribution in [-0.4, -0.2) is 17.9 Å². The number of aryl methyl sites for hydroxylation is 1. The maximum atomic E-state index is 11.7. The van der Waals surface area contributed by atoms with Crippen LogP contribution in [0.25, 0.3) is 0 Å². The second-order valence-corrected chi connectivity index (χ2v) is 4.42. The van der Waals surface area contributed by atoms with E-state index >= 15 is 0 Å². The Labute approximate surface area is 102 Å². The fraction of sp³-hybridized carbons (Fsp3) is 0.273. The van der Waals surface area contributed by atoms with Gasteiger partial charge in [-0.3, -0.25) is 9.59 Å². The summed E-state index contributed by atoms with van der Waals surface area (Å²) in [6, 6.07) is 4.56. The SMILES string of the molecule is Cc1ccc(C(=O)N[C@H](C)C(N)=O)cc1Br. The lowest BCUT2D eigenvalue weighted by atomic mass is 10.1. The van der Waals surface area contributed by atoms with E-state index in [2.05, 4.69) is 21.2 Å². The molecule has 1 atom stereocenters. The van der Waals surface area contributed by atoms with Gasteiger partial charge in [0.05, 0.1) is 0 Å². The average Bonchev–Trinajstić information content (AvgIpc) is 2.21. The van der Waals surface area contributed by atoms with E-state index in [9.17, 15) is 9.59 Å². The summed E-state index contributed by atoms with van der Waals surface area (Å²) in [5.74, 6) is -0.869. The van der Waals surface area contributed by atoms with Crippen LogP contribution in [0.2, 0.25) is 0 Å². The number of hydrogen-bond donors (Lipinski definition) is 2. The van der Waals surface area contributed by atoms with Gasteiger partial charge in [0.2, 0.25) is 5.91 Å². The molecule has 0 aliphatic heterocycles. The third-order valence-electron chi connectivity index (χ3n) is 2.21. The molecule has 0 bridgehead atoms. The minimum absolute atomic E-state index is 0.313. The topological polar surface area (TPSA) is 72.2 Å². The van der Waals surface area contributed by atoms with Gasteiger partial charge in [0, 0.05) is 10.0 Å². The summed E-state index contributed by atoms with van der Waals surface area (Å²) in [5.41, 5.74) is 6.59. The Morgan fingerprint density at radius 3 is 2.56 bits per heavy atom. The summed E-state index contributed by atoms with van der Waals surface area (Å²) in [6.07, 6.45) is 0. The summed E-state index contributed by atoms with van der Waals surface area (Å²) in [5, 5.41) is 2.51. The molecule has 0 saturated heterocycles. The predicted molar refractivity (Wildman–Crippen MR) is 65.0 cm³/mol. The first kappa shape index (κ1) is 12.7. The molecule has 16 heavy (non-hydrogen) atoms. The third-order valence-corrected chi connectivity index (χ3v) is 3.06. The van der Waals surface area contributed by atoms with Crippen LogP contribution in [-0.2, 0) is 4.79 Å². The van der Waals surface area contributed by atoms with Crippen LogP contribution in [0.1, 0.15) is 22.8 Å². The zero-order valence-corrected chi connectivity index (χ0v) is 10.7. The minimum atomic E-state index is -0.674. The molecule has 0 aliphatic rings. The van der Waals surface area contributed by atoms with Crippen molar-refractivity contribution < 1.29 is 9.59 Å². The molecule has 1 aromatic carbocycles. The zero-order chi connectivity index (χ0) is 12.3. The molecule has 86 valence electrons. The van der Waals surface area contributed by atoms with Crippen molar-refractivity contribution in [3.8, 4) is 0 Å². The fourth-order valence-electron chi connectivity index (χ4n) is 1.09. The van der Waals surface area contributed by atoms with Gasteiger partial charge < -0.3 is 11.1 Å². The summed E-state index contributed by atoms with van der Waals surface area (Å²) in [6.45, 7) is 3.47. The lowest BCUT2D eigenvalue weighted by Crippen LogP contribution is -2.42. The Balaban J connectivity index is 2.81. The Bertz CT molecular complexity index is 432. The van der Waals surface area contributed by atoms with E-state index in [0.717, 1.165) is 10.0 Å². The van der Waals surface area contributed by atoms with Gasteiger partial charge >= 0.3 is 0 Å². The van der Waals surface area contributed by atoms with E-state index < -0.39 is 11.9 Å². The van der Waals surface area contributed by atoms with E-state index in [1.165, 1.54) is 0 Å². The standard InChI is InChI=1S/C11H13BrN2O2/c1-6-3-4-8(5-9(6)12)11(16)14-7(2)10(13)15/h3-5,7H,1-2H3,(H2,13,15)(H,14,16)/t7-/m1/s1. The van der Waals surface area contributed by atoms with Crippen molar-refractivity contribution >= 4 is 27.7 Å². The molecular weight excluding hydrogens is 272 g/mol. The number of halogens is 1. The quantitative estimate of drug-likeness (QED) is 0.880. The number of nitrogens with one attached hydrogen (secondary N) is 1. The highest BCUT2D eigenvalue weighted by Gasteiger charge is 2.13. The molecule has 0 unspecified atom stereocenters. The zero-order valence-electron chi connectivity index (χ0n) is 9.08. The Morgan fingerprint density at radius 2 is 2.06 bits per heavy atom. The molecule has 5 heteroatoms. The fourth-order valence-corrected chi connectivity index (χ4v) is 1.46. The van der Waals surface area contributed by atoms with Crippen LogP contribution in [0.3, 0.4) is 0 Å². The van der Waals surface area contributed by atoms with Gasteiger partial charge in [0.15, 0.2) is 0 Å². The van der Waals surface area contributed by atoms with E-state index in [0.29, 0.717) is 5.56 Å². The number of rotatable bonds is 3. The van der Waals surface area contributed by atoms with E-state index in [1.807, 2.05) is 13.0 Å². The maximum absolute atomic E-state index is 11.7. The summed E-state index contributed by atoms with van der Waals surface area (Å²) >= 11 is 3.34. The molecule has 0 aliphatic carbocycles. The molecule has 1 aromatic rings. The number of carbonyl (C=O) groups is 2. The Kier molecular flexibility index (Phi) is 4.06. The summed E-state index contributed by atoms with van der Waals surface area (Å²) in [4.78, 5) is 22.5. The molecule has 0 radical (unpaired) electrons. The number of nitrogens with two attached hydrogens (primary N) is 1. The van der Waals surface area contributed by atoms with Gasteiger partial charge in [0.25, 0.3) is 5.91 Å². The van der Waals surface area contributed by atoms with Crippen LogP contribution in [0, 0.1) is 6.92 Å². The molecule has 0 spiro atoms. The van der Waals surface area contributed by atoms with E-state index in [1.54, 1.807) is 19.1 Å². The van der Waals surface area contributed by atoms with Gasteiger partial charge in [-0.05, 0) is 31.5 Å². The van der Waals surface area contributed by atoms with Gasteiger partial charge in [-0.25, -0.2) is 0 Å². The first-order valence-electron chi connectivity index (χ1n) is 4.78. The third kappa shape index (κ3) is 3.06. The summed E-state index contributed by atoms with van der Waals surface area (Å²) < 4.78 is 0.854. The number of hydrogen-bond acceptors (Lipinski definition) is 2. The monoisotopic (exact) mass is 284 g/mol. The van der Waals surface area contributed by atoms with Gasteiger partial charge in [-0.1, -0.05) is 22.0 Å². The second-order valence-electron chi connectivity index (χ2n) is 3.56. The molecule has 0 fully saturated rings. The first-order valence-corrected chi connectivity index (χ1v) is 5.57. The van der Waals surface area contributed by atoms with Crippen molar-refractivity contribution in [1.82, 2.24) is 5.32 Å². The number of primary amides is 1. The van der Waals surface area contributed by atoms with Gasteiger partial charge in [-0.15, -0.1) is 0 Å². The van der Waals surface area contributed by atoms with Crippen molar-refractivity contribution in [2.75, 3.05) is 0 Å². The van der Waals surface area contributed by atoms with Crippen LogP contribution in [0.15, 0.2) is 22.7 Å². The lowest BCUT2D eigenvalue weighted by Gasteiger charge is -2.10. The van der Waals surface area contributed by atoms with Crippen molar-refractivity contribution in [3.63, 3.8) is 0 Å². The largest absolute Gasteiger partial charge is 0.368 e. The van der Waals surface area contributed by atoms with Crippen molar-refractivity contribution in [1.29, 1.82) is 0 Å². The van der Waals surface area contributed by atoms with Crippen LogP contribution in [0.5, 0.6) is 0 Å². The molecule has 3 N–H and O–H groups in total. The summed E-state index contributed by atoms with van der Waals surface area (Å²) in [7, 11) is 0. The molecule has 1 rings (SSSR count). The molecule has 4 nitrogen and oxygen atoms in total. The normalized spacial score (nSPS) is 11.9. The first-order chi connectivity index (χ1) is 7.41. The Hall–Kier alpha value is -1.36. The van der Waals surface area contributed by atoms with Crippen molar-refractivity contribution in [2.24, 2.45) is 5.73 Å². The minimum Gasteiger partial charge on any atom is -0.368 e. The Morgan fingerprint density at radius 1 is 1.44 bits per heavy atom. The molecule has 0 aromatic heterocycles. The highest BCUT2D eigenvalue weighted by atomic mass is 79.9. The molecular formula is C11H13BrN2O2. The smallest absolute Gasteiger partial charge is 0.251 e. The maximum Gasteiger partial charge on any atom is 0.251 e. The van der Waals surface area contributed by atoms with E-state index in [4.69, 9.17) is 5.73 Å². The van der Waals surface area contributed by atoms with Gasteiger partial charge in [-0.2, -0.15) is 0 Å². The number of benzene rings is 1. The molecule has 0 heterocycles. The van der Waals surface area contributed by atoms with Crippen molar-refractivity contribution in [2.45, 2.75) is 19.9 Å². The average molecular weight is 285 g/mol. The van der Waals surface area contributed by atoms with Crippen LogP contribution < -0.4 is 11.1 Å². The predicted octanol–water partition coefficient (Wildman–Crippen LogP) is 1.36. The lowest BCUT2D eigenvalue weighted by molar-refractivity contribution is -0.119. The van der Waals surface area contributed by atoms with Crippen LogP contribution in [0.4, 0.5) is 0 Å². The number of carbonyl (C=O) groups excluding carboxylic acids is 2. The molecule has 0 saturated carbocycles. The highest BCUT2D eigenvalue weighted by molar-refractivity contribution is 9.10. The van der Waals surface area contributed by atoms with Gasteiger partial charge in [0.1, 0.15) is 6.04 Å². The van der Waals surface area contributed by atoms with Crippen LogP contribution >= 0.6 is 15.9 Å². The highest BCUT2D eigenvalue weighted by Crippen LogP contribution is 2.17.